The summed E-state index contributed by atoms with van der Waals surface area (Å²) in [5, 5.41) is 0. The number of nitrogens with zero attached hydrogens (tertiary/aromatic N) is 2. The number of carbonyl (C=O) groups excluding carboxylic acids is 1. The van der Waals surface area contributed by atoms with Crippen molar-refractivity contribution in [2.24, 2.45) is 5.73 Å². The fourth-order valence-corrected chi connectivity index (χ4v) is 2.08. The average Bonchev–Trinajstić information content (AvgIpc) is 2.48. The van der Waals surface area contributed by atoms with Gasteiger partial charge in [0.15, 0.2) is 0 Å². The first kappa shape index (κ1) is 15.1. The molecule has 0 saturated heterocycles. The van der Waals surface area contributed by atoms with Gasteiger partial charge in [-0.15, -0.1) is 0 Å². The van der Waals surface area contributed by atoms with Crippen LogP contribution in [0.3, 0.4) is 0 Å². The van der Waals surface area contributed by atoms with E-state index in [1.54, 1.807) is 24.4 Å². The summed E-state index contributed by atoms with van der Waals surface area (Å²) in [6.07, 6.45) is 2.21. The maximum atomic E-state index is 13.4. The Morgan fingerprint density at radius 3 is 2.81 bits per heavy atom. The lowest BCUT2D eigenvalue weighted by Crippen LogP contribution is -2.34. The Bertz CT molecular complexity index is 630. The highest BCUT2D eigenvalue weighted by Crippen LogP contribution is 2.19. The average molecular weight is 287 g/mol. The van der Waals surface area contributed by atoms with Crippen LogP contribution >= 0.6 is 0 Å². The Hall–Kier alpha value is -2.27. The summed E-state index contributed by atoms with van der Waals surface area (Å²) in [6.45, 7) is 2.71. The van der Waals surface area contributed by atoms with Crippen LogP contribution in [0.1, 0.15) is 22.5 Å². The maximum Gasteiger partial charge on any atom is 0.277 e. The molecule has 0 spiro atoms. The zero-order valence-corrected chi connectivity index (χ0v) is 11.9. The van der Waals surface area contributed by atoms with E-state index < -0.39 is 0 Å². The third-order valence-corrected chi connectivity index (χ3v) is 3.16. The van der Waals surface area contributed by atoms with Gasteiger partial charge in [-0.05, 0) is 49.7 Å². The summed E-state index contributed by atoms with van der Waals surface area (Å²) >= 11 is 0. The summed E-state index contributed by atoms with van der Waals surface area (Å²) in [5.41, 5.74) is 7.20. The van der Waals surface area contributed by atoms with Crippen molar-refractivity contribution in [1.82, 2.24) is 4.98 Å². The number of carbonyl (C=O) groups is 1. The normalized spacial score (nSPS) is 10.4. The molecule has 21 heavy (non-hydrogen) atoms. The Morgan fingerprint density at radius 1 is 1.33 bits per heavy atom. The monoisotopic (exact) mass is 287 g/mol. The summed E-state index contributed by atoms with van der Waals surface area (Å²) in [6, 6.07) is 9.58. The summed E-state index contributed by atoms with van der Waals surface area (Å²) in [4.78, 5) is 18.3. The van der Waals surface area contributed by atoms with Crippen molar-refractivity contribution in [3.05, 3.63) is 59.7 Å². The number of amides is 1. The van der Waals surface area contributed by atoms with Crippen molar-refractivity contribution >= 4 is 11.6 Å². The Labute approximate surface area is 123 Å². The van der Waals surface area contributed by atoms with Gasteiger partial charge in [0, 0.05) is 18.4 Å². The van der Waals surface area contributed by atoms with E-state index in [2.05, 4.69) is 4.98 Å². The fraction of sp³-hybridized carbons (Fsp3) is 0.250. The van der Waals surface area contributed by atoms with E-state index in [0.29, 0.717) is 30.9 Å². The third-order valence-electron chi connectivity index (χ3n) is 3.16. The lowest BCUT2D eigenvalue weighted by molar-refractivity contribution is 0.0981. The fourth-order valence-electron chi connectivity index (χ4n) is 2.08. The molecule has 0 unspecified atom stereocenters. The molecule has 2 N–H and O–H groups in total. The number of pyridine rings is 1. The van der Waals surface area contributed by atoms with Crippen LogP contribution in [0, 0.1) is 12.7 Å². The van der Waals surface area contributed by atoms with Gasteiger partial charge in [-0.3, -0.25) is 9.78 Å². The number of rotatable bonds is 5. The highest BCUT2D eigenvalue weighted by atomic mass is 19.1. The van der Waals surface area contributed by atoms with E-state index >= 15 is 0 Å². The number of aryl methyl sites for hydroxylation is 1. The standard InChI is InChI=1S/C16H18FN3O/c1-12-5-3-9-19-15(12)16(21)20(10-4-8-18)14-7-2-6-13(17)11-14/h2-3,5-7,9,11H,4,8,10,18H2,1H3. The number of aromatic nitrogens is 1. The van der Waals surface area contributed by atoms with Gasteiger partial charge in [-0.1, -0.05) is 12.1 Å². The summed E-state index contributed by atoms with van der Waals surface area (Å²) < 4.78 is 13.4. The van der Waals surface area contributed by atoms with Crippen LogP contribution in [0.25, 0.3) is 0 Å². The molecule has 0 fully saturated rings. The molecule has 0 saturated carbocycles. The predicted octanol–water partition coefficient (Wildman–Crippen LogP) is 2.52. The minimum absolute atomic E-state index is 0.243. The molecule has 110 valence electrons. The molecule has 1 aromatic heterocycles. The van der Waals surface area contributed by atoms with Gasteiger partial charge in [-0.25, -0.2) is 4.39 Å². The van der Waals surface area contributed by atoms with Crippen LogP contribution in [-0.2, 0) is 0 Å². The quantitative estimate of drug-likeness (QED) is 0.919. The molecule has 1 aromatic carbocycles. The maximum absolute atomic E-state index is 13.4. The molecule has 0 radical (unpaired) electrons. The van der Waals surface area contributed by atoms with Crippen molar-refractivity contribution in [3.8, 4) is 0 Å². The number of hydrogen-bond acceptors (Lipinski definition) is 3. The van der Waals surface area contributed by atoms with Crippen LogP contribution < -0.4 is 10.6 Å². The van der Waals surface area contributed by atoms with Gasteiger partial charge in [0.05, 0.1) is 0 Å². The van der Waals surface area contributed by atoms with Crippen LogP contribution in [-0.4, -0.2) is 24.0 Å². The number of anilines is 1. The molecule has 0 atom stereocenters. The SMILES string of the molecule is Cc1cccnc1C(=O)N(CCCN)c1cccc(F)c1. The number of hydrogen-bond donors (Lipinski definition) is 1. The van der Waals surface area contributed by atoms with Gasteiger partial charge in [0.2, 0.25) is 0 Å². The van der Waals surface area contributed by atoms with E-state index in [0.717, 1.165) is 5.56 Å². The molecular formula is C16H18FN3O. The number of benzene rings is 1. The highest BCUT2D eigenvalue weighted by molar-refractivity contribution is 6.05. The second kappa shape index (κ2) is 6.95. The number of nitrogens with two attached hydrogens (primary N) is 1. The summed E-state index contributed by atoms with van der Waals surface area (Å²) in [5.74, 6) is -0.622. The van der Waals surface area contributed by atoms with E-state index in [4.69, 9.17) is 5.73 Å². The van der Waals surface area contributed by atoms with Crippen LogP contribution in [0.5, 0.6) is 0 Å². The topological polar surface area (TPSA) is 59.2 Å². The smallest absolute Gasteiger partial charge is 0.277 e. The molecule has 4 nitrogen and oxygen atoms in total. The van der Waals surface area contributed by atoms with Crippen LogP contribution in [0.2, 0.25) is 0 Å². The van der Waals surface area contributed by atoms with Gasteiger partial charge >= 0.3 is 0 Å². The molecule has 0 aliphatic carbocycles. The molecule has 0 bridgehead atoms. The van der Waals surface area contributed by atoms with Crippen LogP contribution in [0.15, 0.2) is 42.6 Å². The predicted molar refractivity (Wildman–Crippen MR) is 80.7 cm³/mol. The van der Waals surface area contributed by atoms with Gasteiger partial charge in [0.1, 0.15) is 11.5 Å². The molecule has 5 heteroatoms. The minimum atomic E-state index is -0.379. The number of halogens is 1. The van der Waals surface area contributed by atoms with E-state index in [1.807, 2.05) is 13.0 Å². The highest BCUT2D eigenvalue weighted by Gasteiger charge is 2.20. The summed E-state index contributed by atoms with van der Waals surface area (Å²) in [7, 11) is 0. The molecule has 0 aliphatic rings. The third kappa shape index (κ3) is 3.64. The second-order valence-electron chi connectivity index (χ2n) is 4.75. The molecule has 0 aliphatic heterocycles. The Balaban J connectivity index is 2.36. The second-order valence-corrected chi connectivity index (χ2v) is 4.75. The van der Waals surface area contributed by atoms with Crippen molar-refractivity contribution < 1.29 is 9.18 Å². The van der Waals surface area contributed by atoms with E-state index in [-0.39, 0.29) is 11.7 Å². The largest absolute Gasteiger partial charge is 0.330 e. The van der Waals surface area contributed by atoms with Crippen molar-refractivity contribution in [2.75, 3.05) is 18.0 Å². The molecular weight excluding hydrogens is 269 g/mol. The van der Waals surface area contributed by atoms with E-state index in [1.165, 1.54) is 17.0 Å². The Kier molecular flexibility index (Phi) is 5.00. The van der Waals surface area contributed by atoms with Crippen molar-refractivity contribution in [1.29, 1.82) is 0 Å². The first-order valence-electron chi connectivity index (χ1n) is 6.82. The minimum Gasteiger partial charge on any atom is -0.330 e. The first-order valence-corrected chi connectivity index (χ1v) is 6.82. The van der Waals surface area contributed by atoms with Crippen LogP contribution in [0.4, 0.5) is 10.1 Å². The van der Waals surface area contributed by atoms with Crippen molar-refractivity contribution in [2.45, 2.75) is 13.3 Å². The molecule has 1 heterocycles. The van der Waals surface area contributed by atoms with E-state index in [9.17, 15) is 9.18 Å². The zero-order valence-electron chi connectivity index (χ0n) is 11.9. The van der Waals surface area contributed by atoms with Gasteiger partial charge in [-0.2, -0.15) is 0 Å². The first-order chi connectivity index (χ1) is 10.1. The lowest BCUT2D eigenvalue weighted by atomic mass is 10.1. The van der Waals surface area contributed by atoms with Crippen molar-refractivity contribution in [3.63, 3.8) is 0 Å². The molecule has 2 aromatic rings. The zero-order chi connectivity index (χ0) is 15.2. The van der Waals surface area contributed by atoms with Gasteiger partial charge in [0.25, 0.3) is 5.91 Å². The van der Waals surface area contributed by atoms with Gasteiger partial charge < -0.3 is 10.6 Å². The lowest BCUT2D eigenvalue weighted by Gasteiger charge is -2.23. The Morgan fingerprint density at radius 2 is 2.14 bits per heavy atom. The molecule has 2 rings (SSSR count). The molecule has 1 amide bonds.